The molecule has 2 aromatic heterocycles. The van der Waals surface area contributed by atoms with Crippen molar-refractivity contribution in [3.8, 4) is 0 Å². The Kier molecular flexibility index (Phi) is 2.73. The molecule has 0 aliphatic rings. The lowest BCUT2D eigenvalue weighted by Crippen LogP contribution is -2.13. The summed E-state index contributed by atoms with van der Waals surface area (Å²) in [6.07, 6.45) is 3.93. The van der Waals surface area contributed by atoms with Crippen LogP contribution in [0.25, 0.3) is 0 Å². The van der Waals surface area contributed by atoms with Gasteiger partial charge in [-0.25, -0.2) is 4.98 Å². The molecule has 1 amide bonds. The van der Waals surface area contributed by atoms with Gasteiger partial charge < -0.3 is 9.73 Å². The molecule has 88 valence electrons. The second-order valence-electron chi connectivity index (χ2n) is 3.45. The van der Waals surface area contributed by atoms with Crippen LogP contribution in [0.4, 0.5) is 5.69 Å². The molecule has 0 bridgehead atoms. The number of carbonyl (C=O) groups excluding carboxylic acids is 2. The molecular formula is C10H10N4O3. The molecule has 0 fully saturated rings. The van der Waals surface area contributed by atoms with Crippen LogP contribution in [0.3, 0.4) is 0 Å². The maximum atomic E-state index is 11.7. The average molecular weight is 234 g/mol. The van der Waals surface area contributed by atoms with Gasteiger partial charge in [0.1, 0.15) is 6.26 Å². The summed E-state index contributed by atoms with van der Waals surface area (Å²) >= 11 is 0. The van der Waals surface area contributed by atoms with Gasteiger partial charge >= 0.3 is 0 Å². The minimum Gasteiger partial charge on any atom is -0.451 e. The molecule has 0 aliphatic carbocycles. The van der Waals surface area contributed by atoms with Gasteiger partial charge in [-0.3, -0.25) is 14.3 Å². The fourth-order valence-electron chi connectivity index (χ4n) is 1.35. The Bertz CT molecular complexity index is 556. The first-order valence-corrected chi connectivity index (χ1v) is 4.82. The molecule has 7 heteroatoms. The maximum Gasteiger partial charge on any atom is 0.277 e. The fraction of sp³-hybridized carbons (Fsp3) is 0.200. The summed E-state index contributed by atoms with van der Waals surface area (Å²) in [5, 5.41) is 6.50. The molecule has 2 heterocycles. The van der Waals surface area contributed by atoms with Gasteiger partial charge in [-0.15, -0.1) is 0 Å². The van der Waals surface area contributed by atoms with Gasteiger partial charge in [0, 0.05) is 20.2 Å². The van der Waals surface area contributed by atoms with Crippen LogP contribution < -0.4 is 5.32 Å². The molecule has 0 aliphatic heterocycles. The summed E-state index contributed by atoms with van der Waals surface area (Å²) in [6.45, 7) is 1.38. The molecule has 2 aromatic rings. The predicted molar refractivity (Wildman–Crippen MR) is 57.7 cm³/mol. The first-order valence-electron chi connectivity index (χ1n) is 4.82. The number of aromatic nitrogens is 3. The van der Waals surface area contributed by atoms with Crippen molar-refractivity contribution < 1.29 is 14.0 Å². The van der Waals surface area contributed by atoms with E-state index in [9.17, 15) is 9.59 Å². The van der Waals surface area contributed by atoms with Crippen LogP contribution in [0, 0.1) is 0 Å². The van der Waals surface area contributed by atoms with Crippen LogP contribution in [-0.2, 0) is 7.05 Å². The standard InChI is InChI=1S/C10H10N4O3/c1-6(15)9-7(3-14(2)13-9)12-10(16)8-4-17-5-11-8/h3-5H,1-2H3,(H,12,16). The van der Waals surface area contributed by atoms with Crippen LogP contribution >= 0.6 is 0 Å². The number of nitrogens with one attached hydrogen (secondary N) is 1. The second kappa shape index (κ2) is 4.20. The maximum absolute atomic E-state index is 11.7. The van der Waals surface area contributed by atoms with E-state index in [2.05, 4.69) is 15.4 Å². The van der Waals surface area contributed by atoms with Gasteiger partial charge in [0.05, 0.1) is 5.69 Å². The Morgan fingerprint density at radius 3 is 2.82 bits per heavy atom. The molecule has 1 N–H and O–H groups in total. The van der Waals surface area contributed by atoms with E-state index in [0.717, 1.165) is 6.39 Å². The first-order chi connectivity index (χ1) is 8.08. The second-order valence-corrected chi connectivity index (χ2v) is 3.45. The molecule has 2 rings (SSSR count). The van der Waals surface area contributed by atoms with E-state index in [1.54, 1.807) is 13.2 Å². The van der Waals surface area contributed by atoms with Crippen molar-refractivity contribution in [2.24, 2.45) is 7.05 Å². The minimum atomic E-state index is -0.450. The lowest BCUT2D eigenvalue weighted by atomic mass is 10.3. The van der Waals surface area contributed by atoms with E-state index in [1.807, 2.05) is 0 Å². The van der Waals surface area contributed by atoms with E-state index in [0.29, 0.717) is 5.69 Å². The average Bonchev–Trinajstić information content (AvgIpc) is 2.86. The first kappa shape index (κ1) is 11.1. The Morgan fingerprint density at radius 1 is 1.47 bits per heavy atom. The number of ketones is 1. The summed E-state index contributed by atoms with van der Waals surface area (Å²) < 4.78 is 6.15. The summed E-state index contributed by atoms with van der Waals surface area (Å²) in [6, 6.07) is 0. The zero-order chi connectivity index (χ0) is 12.4. The van der Waals surface area contributed by atoms with Crippen molar-refractivity contribution in [1.82, 2.24) is 14.8 Å². The third kappa shape index (κ3) is 2.22. The van der Waals surface area contributed by atoms with E-state index >= 15 is 0 Å². The van der Waals surface area contributed by atoms with Gasteiger partial charge in [-0.2, -0.15) is 5.10 Å². The highest BCUT2D eigenvalue weighted by Crippen LogP contribution is 2.14. The Hall–Kier alpha value is -2.44. The lowest BCUT2D eigenvalue weighted by molar-refractivity contribution is 0.101. The molecule has 0 unspecified atom stereocenters. The van der Waals surface area contributed by atoms with Crippen LogP contribution in [0.1, 0.15) is 27.9 Å². The Balaban J connectivity index is 2.24. The van der Waals surface area contributed by atoms with E-state index in [-0.39, 0.29) is 17.2 Å². The van der Waals surface area contributed by atoms with Gasteiger partial charge in [-0.1, -0.05) is 0 Å². The number of Topliss-reactive ketones (excluding diaryl/α,β-unsaturated/α-hetero) is 1. The highest BCUT2D eigenvalue weighted by atomic mass is 16.3. The molecule has 7 nitrogen and oxygen atoms in total. The van der Waals surface area contributed by atoms with Crippen molar-refractivity contribution in [3.63, 3.8) is 0 Å². The SMILES string of the molecule is CC(=O)c1nn(C)cc1NC(=O)c1cocn1. The van der Waals surface area contributed by atoms with Crippen LogP contribution in [0.15, 0.2) is 23.3 Å². The summed E-state index contributed by atoms with van der Waals surface area (Å²) in [4.78, 5) is 26.7. The Labute approximate surface area is 96.4 Å². The molecular weight excluding hydrogens is 224 g/mol. The predicted octanol–water partition coefficient (Wildman–Crippen LogP) is 0.863. The monoisotopic (exact) mass is 234 g/mol. The number of nitrogens with zero attached hydrogens (tertiary/aromatic N) is 3. The quantitative estimate of drug-likeness (QED) is 0.795. The van der Waals surface area contributed by atoms with E-state index in [4.69, 9.17) is 4.42 Å². The third-order valence-electron chi connectivity index (χ3n) is 2.08. The van der Waals surface area contributed by atoms with Crippen molar-refractivity contribution in [1.29, 1.82) is 0 Å². The highest BCUT2D eigenvalue weighted by Gasteiger charge is 2.16. The normalized spacial score (nSPS) is 10.2. The molecule has 0 atom stereocenters. The molecule has 0 spiro atoms. The summed E-state index contributed by atoms with van der Waals surface area (Å²) in [5.41, 5.74) is 0.709. The number of rotatable bonds is 3. The van der Waals surface area contributed by atoms with Crippen LogP contribution in [0.5, 0.6) is 0 Å². The largest absolute Gasteiger partial charge is 0.451 e. The number of hydrogen-bond acceptors (Lipinski definition) is 5. The van der Waals surface area contributed by atoms with Crippen molar-refractivity contribution >= 4 is 17.4 Å². The minimum absolute atomic E-state index is 0.142. The summed E-state index contributed by atoms with van der Waals surface area (Å²) in [5.74, 6) is -0.671. The topological polar surface area (TPSA) is 90.0 Å². The number of aryl methyl sites for hydroxylation is 1. The number of hydrogen-bond donors (Lipinski definition) is 1. The molecule has 0 aromatic carbocycles. The van der Waals surface area contributed by atoms with Gasteiger partial charge in [-0.05, 0) is 0 Å². The van der Waals surface area contributed by atoms with Crippen LogP contribution in [0.2, 0.25) is 0 Å². The third-order valence-corrected chi connectivity index (χ3v) is 2.08. The zero-order valence-electron chi connectivity index (χ0n) is 9.30. The number of amides is 1. The Morgan fingerprint density at radius 2 is 2.24 bits per heavy atom. The van der Waals surface area contributed by atoms with Crippen molar-refractivity contribution in [2.75, 3.05) is 5.32 Å². The van der Waals surface area contributed by atoms with Gasteiger partial charge in [0.15, 0.2) is 23.6 Å². The molecule has 0 radical (unpaired) electrons. The van der Waals surface area contributed by atoms with E-state index < -0.39 is 5.91 Å². The summed E-state index contributed by atoms with van der Waals surface area (Å²) in [7, 11) is 1.66. The fourth-order valence-corrected chi connectivity index (χ4v) is 1.35. The highest BCUT2D eigenvalue weighted by molar-refractivity contribution is 6.07. The van der Waals surface area contributed by atoms with Crippen molar-refractivity contribution in [3.05, 3.63) is 30.2 Å². The van der Waals surface area contributed by atoms with Crippen molar-refractivity contribution in [2.45, 2.75) is 6.92 Å². The molecule has 17 heavy (non-hydrogen) atoms. The number of anilines is 1. The number of oxazole rings is 1. The van der Waals surface area contributed by atoms with Gasteiger partial charge in [0.25, 0.3) is 5.91 Å². The number of carbonyl (C=O) groups is 2. The van der Waals surface area contributed by atoms with Gasteiger partial charge in [0.2, 0.25) is 0 Å². The van der Waals surface area contributed by atoms with E-state index in [1.165, 1.54) is 17.9 Å². The zero-order valence-corrected chi connectivity index (χ0v) is 9.30. The molecule has 0 saturated heterocycles. The van der Waals surface area contributed by atoms with Crippen LogP contribution in [-0.4, -0.2) is 26.5 Å². The smallest absolute Gasteiger partial charge is 0.277 e. The lowest BCUT2D eigenvalue weighted by Gasteiger charge is -2.00. The molecule has 0 saturated carbocycles.